The van der Waals surface area contributed by atoms with Gasteiger partial charge in [-0.3, -0.25) is 0 Å². The van der Waals surface area contributed by atoms with Gasteiger partial charge >= 0.3 is 0 Å². The van der Waals surface area contributed by atoms with E-state index in [2.05, 4.69) is 44.3 Å². The SMILES string of the molecule is CNC(COC1CCCCC1C)c1cc(C)cc(C)c1. The molecule has 2 heteroatoms. The lowest BCUT2D eigenvalue weighted by Crippen LogP contribution is -2.30. The van der Waals surface area contributed by atoms with Crippen molar-refractivity contribution >= 4 is 0 Å². The highest BCUT2D eigenvalue weighted by atomic mass is 16.5. The zero-order valence-corrected chi connectivity index (χ0v) is 13.4. The third-order valence-electron chi connectivity index (χ3n) is 4.50. The summed E-state index contributed by atoms with van der Waals surface area (Å²) in [5.41, 5.74) is 3.99. The van der Waals surface area contributed by atoms with Crippen LogP contribution in [0.1, 0.15) is 55.3 Å². The van der Waals surface area contributed by atoms with Crippen LogP contribution >= 0.6 is 0 Å². The predicted octanol–water partition coefficient (Wildman–Crippen LogP) is 4.16. The molecule has 0 bridgehead atoms. The zero-order chi connectivity index (χ0) is 14.5. The van der Waals surface area contributed by atoms with E-state index in [1.165, 1.54) is 42.4 Å². The Bertz CT molecular complexity index is 409. The van der Waals surface area contributed by atoms with Crippen LogP contribution in [0.15, 0.2) is 18.2 Å². The van der Waals surface area contributed by atoms with E-state index in [1.54, 1.807) is 0 Å². The number of rotatable bonds is 5. The summed E-state index contributed by atoms with van der Waals surface area (Å²) in [5.74, 6) is 0.709. The maximum Gasteiger partial charge on any atom is 0.0665 e. The van der Waals surface area contributed by atoms with Crippen molar-refractivity contribution in [2.45, 2.75) is 58.6 Å². The summed E-state index contributed by atoms with van der Waals surface area (Å²) < 4.78 is 6.22. The lowest BCUT2D eigenvalue weighted by Gasteiger charge is -2.30. The van der Waals surface area contributed by atoms with Crippen molar-refractivity contribution < 1.29 is 4.74 Å². The van der Waals surface area contributed by atoms with Crippen molar-refractivity contribution in [1.82, 2.24) is 5.32 Å². The number of hydrogen-bond donors (Lipinski definition) is 1. The lowest BCUT2D eigenvalue weighted by atomic mass is 9.88. The van der Waals surface area contributed by atoms with Crippen molar-refractivity contribution in [1.29, 1.82) is 0 Å². The molecule has 1 aliphatic carbocycles. The number of ether oxygens (including phenoxy) is 1. The highest BCUT2D eigenvalue weighted by Gasteiger charge is 2.23. The highest BCUT2D eigenvalue weighted by molar-refractivity contribution is 5.30. The Hall–Kier alpha value is -0.860. The van der Waals surface area contributed by atoms with Crippen LogP contribution in [0.4, 0.5) is 0 Å². The molecule has 0 radical (unpaired) electrons. The van der Waals surface area contributed by atoms with Crippen LogP contribution in [0.2, 0.25) is 0 Å². The molecule has 0 saturated heterocycles. The van der Waals surface area contributed by atoms with E-state index >= 15 is 0 Å². The Morgan fingerprint density at radius 1 is 1.15 bits per heavy atom. The smallest absolute Gasteiger partial charge is 0.0665 e. The summed E-state index contributed by atoms with van der Waals surface area (Å²) in [5, 5.41) is 3.40. The average molecular weight is 275 g/mol. The van der Waals surface area contributed by atoms with Gasteiger partial charge in [0.15, 0.2) is 0 Å². The average Bonchev–Trinajstić information content (AvgIpc) is 2.40. The van der Waals surface area contributed by atoms with Crippen LogP contribution in [-0.4, -0.2) is 19.8 Å². The molecule has 0 heterocycles. The largest absolute Gasteiger partial charge is 0.376 e. The van der Waals surface area contributed by atoms with Crippen molar-refractivity contribution in [3.63, 3.8) is 0 Å². The molecule has 1 saturated carbocycles. The summed E-state index contributed by atoms with van der Waals surface area (Å²) in [7, 11) is 2.02. The standard InChI is InChI=1S/C18H29NO/c1-13-9-14(2)11-16(10-13)17(19-4)12-20-18-8-6-5-7-15(18)3/h9-11,15,17-19H,5-8,12H2,1-4H3. The van der Waals surface area contributed by atoms with Gasteiger partial charge in [-0.2, -0.15) is 0 Å². The summed E-state index contributed by atoms with van der Waals surface area (Å²) in [6.07, 6.45) is 5.68. The highest BCUT2D eigenvalue weighted by Crippen LogP contribution is 2.27. The van der Waals surface area contributed by atoms with E-state index in [0.717, 1.165) is 6.61 Å². The first kappa shape index (κ1) is 15.5. The molecule has 2 nitrogen and oxygen atoms in total. The molecule has 1 aromatic carbocycles. The molecule has 1 N–H and O–H groups in total. The summed E-state index contributed by atoms with van der Waals surface area (Å²) in [4.78, 5) is 0. The van der Waals surface area contributed by atoms with Gasteiger partial charge in [0.2, 0.25) is 0 Å². The number of hydrogen-bond acceptors (Lipinski definition) is 2. The molecule has 0 spiro atoms. The molecular weight excluding hydrogens is 246 g/mol. The molecule has 3 unspecified atom stereocenters. The minimum absolute atomic E-state index is 0.294. The van der Waals surface area contributed by atoms with Crippen molar-refractivity contribution in [2.75, 3.05) is 13.7 Å². The molecule has 0 amide bonds. The van der Waals surface area contributed by atoms with Gasteiger partial charge in [0, 0.05) is 0 Å². The Balaban J connectivity index is 1.97. The van der Waals surface area contributed by atoms with Gasteiger partial charge < -0.3 is 10.1 Å². The Labute approximate surface area is 123 Å². The van der Waals surface area contributed by atoms with Crippen LogP contribution < -0.4 is 5.32 Å². The first-order valence-corrected chi connectivity index (χ1v) is 7.97. The predicted molar refractivity (Wildman–Crippen MR) is 85.1 cm³/mol. The van der Waals surface area contributed by atoms with Gasteiger partial charge in [0.25, 0.3) is 0 Å². The Kier molecular flexibility index (Phi) is 5.62. The molecule has 0 aliphatic heterocycles. The van der Waals surface area contributed by atoms with E-state index in [4.69, 9.17) is 4.74 Å². The monoisotopic (exact) mass is 275 g/mol. The third kappa shape index (κ3) is 4.07. The number of nitrogens with one attached hydrogen (secondary N) is 1. The fourth-order valence-corrected chi connectivity index (χ4v) is 3.31. The molecule has 2 rings (SSSR count). The second-order valence-corrected chi connectivity index (χ2v) is 6.40. The van der Waals surface area contributed by atoms with Gasteiger partial charge in [0.1, 0.15) is 0 Å². The second-order valence-electron chi connectivity index (χ2n) is 6.40. The Morgan fingerprint density at radius 3 is 2.40 bits per heavy atom. The van der Waals surface area contributed by atoms with Gasteiger partial charge in [-0.15, -0.1) is 0 Å². The van der Waals surface area contributed by atoms with E-state index in [-0.39, 0.29) is 0 Å². The van der Waals surface area contributed by atoms with E-state index in [9.17, 15) is 0 Å². The molecule has 0 aromatic heterocycles. The maximum atomic E-state index is 6.22. The fourth-order valence-electron chi connectivity index (χ4n) is 3.31. The Morgan fingerprint density at radius 2 is 1.80 bits per heavy atom. The molecule has 1 aromatic rings. The molecule has 1 fully saturated rings. The van der Waals surface area contributed by atoms with E-state index in [0.29, 0.717) is 18.1 Å². The van der Waals surface area contributed by atoms with E-state index in [1.807, 2.05) is 7.05 Å². The van der Waals surface area contributed by atoms with Crippen molar-refractivity contribution in [3.8, 4) is 0 Å². The lowest BCUT2D eigenvalue weighted by molar-refractivity contribution is -0.0145. The van der Waals surface area contributed by atoms with Gasteiger partial charge in [-0.1, -0.05) is 49.1 Å². The fraction of sp³-hybridized carbons (Fsp3) is 0.667. The van der Waals surface area contributed by atoms with Crippen molar-refractivity contribution in [3.05, 3.63) is 34.9 Å². The minimum Gasteiger partial charge on any atom is -0.376 e. The van der Waals surface area contributed by atoms with Gasteiger partial charge in [-0.05, 0) is 45.2 Å². The van der Waals surface area contributed by atoms with Crippen LogP contribution in [0.25, 0.3) is 0 Å². The van der Waals surface area contributed by atoms with Crippen molar-refractivity contribution in [2.24, 2.45) is 5.92 Å². The van der Waals surface area contributed by atoms with Gasteiger partial charge in [-0.25, -0.2) is 0 Å². The maximum absolute atomic E-state index is 6.22. The van der Waals surface area contributed by atoms with Crippen LogP contribution in [-0.2, 0) is 4.74 Å². The van der Waals surface area contributed by atoms with Gasteiger partial charge in [0.05, 0.1) is 18.8 Å². The third-order valence-corrected chi connectivity index (χ3v) is 4.50. The number of benzene rings is 1. The molecule has 3 atom stereocenters. The second kappa shape index (κ2) is 7.24. The summed E-state index contributed by atoms with van der Waals surface area (Å²) in [6, 6.07) is 7.05. The molecule has 1 aliphatic rings. The first-order valence-electron chi connectivity index (χ1n) is 7.97. The molecule has 112 valence electrons. The van der Waals surface area contributed by atoms with E-state index < -0.39 is 0 Å². The molecule has 20 heavy (non-hydrogen) atoms. The first-order chi connectivity index (χ1) is 9.60. The minimum atomic E-state index is 0.294. The normalized spacial score (nSPS) is 24.6. The van der Waals surface area contributed by atoms with Crippen LogP contribution in [0, 0.1) is 19.8 Å². The summed E-state index contributed by atoms with van der Waals surface area (Å²) in [6.45, 7) is 7.42. The number of aryl methyl sites for hydroxylation is 2. The van der Waals surface area contributed by atoms with Crippen LogP contribution in [0.5, 0.6) is 0 Å². The summed E-state index contributed by atoms with van der Waals surface area (Å²) >= 11 is 0. The quantitative estimate of drug-likeness (QED) is 0.871. The topological polar surface area (TPSA) is 21.3 Å². The molecular formula is C18H29NO. The number of likely N-dealkylation sites (N-methyl/N-ethyl adjacent to an activating group) is 1. The zero-order valence-electron chi connectivity index (χ0n) is 13.4. The van der Waals surface area contributed by atoms with Crippen LogP contribution in [0.3, 0.4) is 0 Å².